The summed E-state index contributed by atoms with van der Waals surface area (Å²) in [7, 11) is 1.70. The molecule has 35 heavy (non-hydrogen) atoms. The zero-order valence-corrected chi connectivity index (χ0v) is 19.4. The average molecular weight is 484 g/mol. The highest BCUT2D eigenvalue weighted by atomic mass is 19.1. The number of hydrogen-bond donors (Lipinski definition) is 1. The number of aryl methyl sites for hydroxylation is 1. The van der Waals surface area contributed by atoms with Crippen LogP contribution >= 0.6 is 0 Å². The van der Waals surface area contributed by atoms with E-state index in [0.717, 1.165) is 0 Å². The fourth-order valence-electron chi connectivity index (χ4n) is 5.41. The van der Waals surface area contributed by atoms with Crippen molar-refractivity contribution in [1.29, 1.82) is 0 Å². The predicted octanol–water partition coefficient (Wildman–Crippen LogP) is 3.02. The third kappa shape index (κ3) is 3.69. The van der Waals surface area contributed by atoms with Crippen molar-refractivity contribution in [3.05, 3.63) is 40.8 Å². The van der Waals surface area contributed by atoms with Crippen LogP contribution < -0.4 is 10.6 Å². The van der Waals surface area contributed by atoms with Crippen LogP contribution in [0.25, 0.3) is 28.1 Å². The molecule has 1 N–H and O–H groups in total. The number of nitrogens with zero attached hydrogens (tertiary/aromatic N) is 7. The lowest BCUT2D eigenvalue weighted by Gasteiger charge is -2.30. The first-order valence-electron chi connectivity index (χ1n) is 12.1. The van der Waals surface area contributed by atoms with Crippen molar-refractivity contribution in [1.82, 2.24) is 28.7 Å². The fraction of sp³-hybridized carbons (Fsp3) is 0.500. The number of halogens is 2. The van der Waals surface area contributed by atoms with Gasteiger partial charge >= 0.3 is 5.69 Å². The molecular weight excluding hydrogens is 456 g/mol. The molecule has 6 rings (SSSR count). The molecule has 0 spiro atoms. The quantitative estimate of drug-likeness (QED) is 0.482. The highest BCUT2D eigenvalue weighted by molar-refractivity contribution is 5.86. The number of imidazole rings is 2. The number of piperidine rings is 1. The molecule has 0 unspecified atom stereocenters. The molecule has 4 heterocycles. The Balaban J connectivity index is 1.59. The first-order valence-corrected chi connectivity index (χ1v) is 12.1. The third-order valence-electron chi connectivity index (χ3n) is 7.37. The van der Waals surface area contributed by atoms with E-state index in [1.807, 2.05) is 4.90 Å². The van der Waals surface area contributed by atoms with E-state index < -0.39 is 12.0 Å². The maximum Gasteiger partial charge on any atom is 0.330 e. The Labute approximate surface area is 199 Å². The van der Waals surface area contributed by atoms with E-state index >= 15 is 0 Å². The highest BCUT2D eigenvalue weighted by Crippen LogP contribution is 2.33. The van der Waals surface area contributed by atoms with Gasteiger partial charge in [0.2, 0.25) is 5.95 Å². The Morgan fingerprint density at radius 3 is 2.54 bits per heavy atom. The molecule has 0 amide bonds. The van der Waals surface area contributed by atoms with Crippen LogP contribution in [0.5, 0.6) is 0 Å². The molecule has 0 radical (unpaired) electrons. The summed E-state index contributed by atoms with van der Waals surface area (Å²) in [5, 5.41) is 9.99. The monoisotopic (exact) mass is 483 g/mol. The summed E-state index contributed by atoms with van der Waals surface area (Å²) >= 11 is 0. The smallest absolute Gasteiger partial charge is 0.330 e. The standard InChI is InChI=1S/C24H27F2N7O2/c1-30-20-21(31-10-8-14(25)9-11-31)28-23(32-13-27-18-7-2-15(26)12-19(18)32)29-22(20)33(24(30)35)16-3-5-17(34)6-4-16/h2,7,12-14,16-17,34H,3-6,8-11H2,1H3. The number of hydrogen-bond acceptors (Lipinski definition) is 6. The molecule has 1 aliphatic heterocycles. The van der Waals surface area contributed by atoms with Crippen molar-refractivity contribution in [2.75, 3.05) is 18.0 Å². The third-order valence-corrected chi connectivity index (χ3v) is 7.37. The van der Waals surface area contributed by atoms with E-state index in [9.17, 15) is 18.7 Å². The van der Waals surface area contributed by atoms with Crippen LogP contribution in [0.2, 0.25) is 0 Å². The van der Waals surface area contributed by atoms with Gasteiger partial charge in [-0.25, -0.2) is 18.6 Å². The first-order chi connectivity index (χ1) is 16.9. The second-order valence-electron chi connectivity index (χ2n) is 9.60. The van der Waals surface area contributed by atoms with Gasteiger partial charge in [-0.1, -0.05) is 0 Å². The minimum Gasteiger partial charge on any atom is -0.393 e. The van der Waals surface area contributed by atoms with E-state index in [2.05, 4.69) is 4.98 Å². The van der Waals surface area contributed by atoms with E-state index in [1.54, 1.807) is 33.1 Å². The molecule has 1 saturated heterocycles. The Morgan fingerprint density at radius 1 is 1.06 bits per heavy atom. The van der Waals surface area contributed by atoms with Gasteiger partial charge in [0.1, 0.15) is 23.8 Å². The zero-order chi connectivity index (χ0) is 24.3. The fourth-order valence-corrected chi connectivity index (χ4v) is 5.41. The number of aromatic nitrogens is 6. The summed E-state index contributed by atoms with van der Waals surface area (Å²) < 4.78 is 32.9. The summed E-state index contributed by atoms with van der Waals surface area (Å²) in [5.74, 6) is 0.436. The maximum atomic E-state index is 14.1. The van der Waals surface area contributed by atoms with Crippen molar-refractivity contribution in [3.63, 3.8) is 0 Å². The van der Waals surface area contributed by atoms with Crippen LogP contribution in [0.3, 0.4) is 0 Å². The number of fused-ring (bicyclic) bond motifs is 2. The normalized spacial score (nSPS) is 21.9. The first kappa shape index (κ1) is 22.1. The van der Waals surface area contributed by atoms with Crippen molar-refractivity contribution in [2.24, 2.45) is 7.05 Å². The lowest BCUT2D eigenvalue weighted by Crippen LogP contribution is -2.35. The van der Waals surface area contributed by atoms with Gasteiger partial charge in [-0.15, -0.1) is 0 Å². The molecular formula is C24H27F2N7O2. The molecule has 11 heteroatoms. The number of rotatable bonds is 3. The van der Waals surface area contributed by atoms with Crippen LogP contribution in [-0.2, 0) is 7.05 Å². The van der Waals surface area contributed by atoms with Crippen LogP contribution in [0.15, 0.2) is 29.3 Å². The summed E-state index contributed by atoms with van der Waals surface area (Å²) in [6.45, 7) is 0.946. The Bertz CT molecular complexity index is 1460. The zero-order valence-electron chi connectivity index (χ0n) is 19.4. The second-order valence-corrected chi connectivity index (χ2v) is 9.60. The molecule has 1 aliphatic carbocycles. The molecule has 3 aromatic heterocycles. The SMILES string of the molecule is Cn1c(=O)n(C2CCC(O)CC2)c2nc(-n3cnc4ccc(F)cc43)nc(N3CCC(F)CC3)c21. The summed E-state index contributed by atoms with van der Waals surface area (Å²) in [5.41, 5.74) is 2.00. The van der Waals surface area contributed by atoms with Gasteiger partial charge in [-0.3, -0.25) is 13.7 Å². The minimum atomic E-state index is -0.856. The van der Waals surface area contributed by atoms with Crippen LogP contribution in [0, 0.1) is 5.82 Å². The predicted molar refractivity (Wildman–Crippen MR) is 127 cm³/mol. The van der Waals surface area contributed by atoms with Crippen molar-refractivity contribution < 1.29 is 13.9 Å². The average Bonchev–Trinajstić information content (AvgIpc) is 3.38. The molecule has 1 saturated carbocycles. The molecule has 0 atom stereocenters. The largest absolute Gasteiger partial charge is 0.393 e. The number of aliphatic hydroxyl groups excluding tert-OH is 1. The Morgan fingerprint density at radius 2 is 1.80 bits per heavy atom. The number of aliphatic hydroxyl groups is 1. The molecule has 184 valence electrons. The molecule has 0 bridgehead atoms. The van der Waals surface area contributed by atoms with Crippen molar-refractivity contribution >= 4 is 28.0 Å². The Hall–Kier alpha value is -3.34. The maximum absolute atomic E-state index is 14.1. The van der Waals surface area contributed by atoms with Gasteiger partial charge in [0, 0.05) is 32.2 Å². The molecule has 2 fully saturated rings. The molecule has 1 aromatic carbocycles. The molecule has 2 aliphatic rings. The van der Waals surface area contributed by atoms with E-state index in [4.69, 9.17) is 9.97 Å². The number of anilines is 1. The van der Waals surface area contributed by atoms with Crippen molar-refractivity contribution in [2.45, 2.75) is 56.8 Å². The van der Waals surface area contributed by atoms with Gasteiger partial charge in [-0.05, 0) is 50.7 Å². The van der Waals surface area contributed by atoms with Gasteiger partial charge in [0.15, 0.2) is 11.5 Å². The summed E-state index contributed by atoms with van der Waals surface area (Å²) in [4.78, 5) is 29.5. The second kappa shape index (κ2) is 8.40. The van der Waals surface area contributed by atoms with Gasteiger partial charge in [-0.2, -0.15) is 9.97 Å². The molecule has 4 aromatic rings. The van der Waals surface area contributed by atoms with Gasteiger partial charge in [0.25, 0.3) is 0 Å². The van der Waals surface area contributed by atoms with Gasteiger partial charge < -0.3 is 10.0 Å². The van der Waals surface area contributed by atoms with Gasteiger partial charge in [0.05, 0.1) is 17.1 Å². The highest BCUT2D eigenvalue weighted by Gasteiger charge is 2.30. The minimum absolute atomic E-state index is 0.0984. The van der Waals surface area contributed by atoms with Crippen LogP contribution in [0.1, 0.15) is 44.6 Å². The van der Waals surface area contributed by atoms with E-state index in [0.29, 0.717) is 79.6 Å². The summed E-state index contributed by atoms with van der Waals surface area (Å²) in [6, 6.07) is 4.23. The van der Waals surface area contributed by atoms with Crippen molar-refractivity contribution in [3.8, 4) is 5.95 Å². The number of benzene rings is 1. The Kier molecular flexibility index (Phi) is 5.32. The lowest BCUT2D eigenvalue weighted by atomic mass is 9.93. The number of alkyl halides is 1. The topological polar surface area (TPSA) is 94.0 Å². The summed E-state index contributed by atoms with van der Waals surface area (Å²) in [6.07, 6.45) is 3.68. The van der Waals surface area contributed by atoms with Crippen LogP contribution in [0.4, 0.5) is 14.6 Å². The lowest BCUT2D eigenvalue weighted by molar-refractivity contribution is 0.110. The van der Waals surface area contributed by atoms with Crippen LogP contribution in [-0.4, -0.2) is 59.1 Å². The van der Waals surface area contributed by atoms with E-state index in [1.165, 1.54) is 12.1 Å². The molecule has 9 nitrogen and oxygen atoms in total. The van der Waals surface area contributed by atoms with E-state index in [-0.39, 0.29) is 23.8 Å².